The molecule has 0 bridgehead atoms. The Bertz CT molecular complexity index is 1270. The van der Waals surface area contributed by atoms with Gasteiger partial charge in [-0.1, -0.05) is 44.2 Å². The number of nitrogens with one attached hydrogen (secondary N) is 1. The van der Waals surface area contributed by atoms with Crippen molar-refractivity contribution in [2.45, 2.75) is 58.3 Å². The number of carbonyl (C=O) groups is 2. The third-order valence-electron chi connectivity index (χ3n) is 5.92. The van der Waals surface area contributed by atoms with Gasteiger partial charge in [0.15, 0.2) is 5.69 Å². The van der Waals surface area contributed by atoms with E-state index in [1.165, 1.54) is 35.0 Å². The maximum absolute atomic E-state index is 13.6. The van der Waals surface area contributed by atoms with E-state index in [1.807, 2.05) is 45.0 Å². The number of amides is 1. The minimum absolute atomic E-state index is 0. The predicted molar refractivity (Wildman–Crippen MR) is 145 cm³/mol. The van der Waals surface area contributed by atoms with Gasteiger partial charge in [-0.3, -0.25) is 9.59 Å². The van der Waals surface area contributed by atoms with Crippen LogP contribution >= 0.6 is 0 Å². The molecule has 8 nitrogen and oxygen atoms in total. The molecule has 10 heteroatoms. The second-order valence-corrected chi connectivity index (χ2v) is 9.21. The second kappa shape index (κ2) is 14.4. The fraction of sp³-hybridized carbons (Fsp3) is 0.321. The number of aromatic nitrogens is 2. The molecule has 1 amide bonds. The van der Waals surface area contributed by atoms with Crippen LogP contribution in [-0.2, 0) is 11.3 Å². The van der Waals surface area contributed by atoms with E-state index < -0.39 is 30.4 Å². The van der Waals surface area contributed by atoms with Gasteiger partial charge in [0.2, 0.25) is 0 Å². The first-order valence-electron chi connectivity index (χ1n) is 12.0. The van der Waals surface area contributed by atoms with E-state index in [2.05, 4.69) is 10.4 Å². The number of aliphatic hydroxyl groups is 2. The molecule has 0 saturated carbocycles. The van der Waals surface area contributed by atoms with Crippen LogP contribution in [0.4, 0.5) is 4.39 Å². The average molecular weight is 534 g/mol. The van der Waals surface area contributed by atoms with Crippen molar-refractivity contribution in [3.8, 4) is 5.69 Å². The summed E-state index contributed by atoms with van der Waals surface area (Å²) in [7, 11) is 0. The summed E-state index contributed by atoms with van der Waals surface area (Å²) in [4.78, 5) is 24.1. The third-order valence-corrected chi connectivity index (χ3v) is 5.92. The molecule has 0 unspecified atom stereocenters. The second-order valence-electron chi connectivity index (χ2n) is 9.21. The van der Waals surface area contributed by atoms with Crippen LogP contribution in [0.2, 0.25) is 0 Å². The monoisotopic (exact) mass is 533 g/mol. The Balaban J connectivity index is 0.00000507. The van der Waals surface area contributed by atoms with Crippen molar-refractivity contribution in [1.29, 1.82) is 0 Å². The van der Waals surface area contributed by atoms with Gasteiger partial charge in [0.25, 0.3) is 5.91 Å². The molecule has 38 heavy (non-hydrogen) atoms. The first kappa shape index (κ1) is 31.4. The van der Waals surface area contributed by atoms with Crippen molar-refractivity contribution >= 4 is 47.5 Å². The molecule has 0 spiro atoms. The summed E-state index contributed by atoms with van der Waals surface area (Å²) in [6, 6.07) is 13.4. The first-order chi connectivity index (χ1) is 17.6. The summed E-state index contributed by atoms with van der Waals surface area (Å²) < 4.78 is 15.1. The minimum atomic E-state index is -1.22. The molecule has 2 atom stereocenters. The molecule has 0 aliphatic rings. The Morgan fingerprint density at radius 1 is 1.11 bits per heavy atom. The standard InChI is InChI=1S/C28H32FN3O5.Na.H/c1-17(2)26-24(13-12-22(33)14-23(34)15-25(35)36)32(21-10-8-20(29)9-11-21)31-27(26)28(37)30-16-19-7-5-4-6-18(19)3;;/h4-13,17,22-23,33-34H,14-16H2,1-3H3,(H,30,37)(H,35,36);;/t22-,23+;;/m0../s1. The Kier molecular flexibility index (Phi) is 11.9. The van der Waals surface area contributed by atoms with Gasteiger partial charge in [-0.05, 0) is 54.3 Å². The van der Waals surface area contributed by atoms with E-state index in [0.717, 1.165) is 11.1 Å². The van der Waals surface area contributed by atoms with Crippen molar-refractivity contribution in [3.05, 3.63) is 88.5 Å². The fourth-order valence-corrected chi connectivity index (χ4v) is 4.03. The van der Waals surface area contributed by atoms with Crippen LogP contribution in [0.5, 0.6) is 0 Å². The number of aryl methyl sites for hydroxylation is 1. The summed E-state index contributed by atoms with van der Waals surface area (Å²) in [5, 5.41) is 36.6. The topological polar surface area (TPSA) is 125 Å². The fourth-order valence-electron chi connectivity index (χ4n) is 4.03. The van der Waals surface area contributed by atoms with Gasteiger partial charge in [-0.15, -0.1) is 0 Å². The van der Waals surface area contributed by atoms with Crippen molar-refractivity contribution in [2.75, 3.05) is 0 Å². The molecule has 2 aromatic carbocycles. The number of rotatable bonds is 11. The summed E-state index contributed by atoms with van der Waals surface area (Å²) >= 11 is 0. The number of carbonyl (C=O) groups excluding carboxylic acids is 1. The van der Waals surface area contributed by atoms with Crippen molar-refractivity contribution in [1.82, 2.24) is 15.1 Å². The zero-order valence-corrected chi connectivity index (χ0v) is 21.1. The van der Waals surface area contributed by atoms with Crippen molar-refractivity contribution < 1.29 is 29.3 Å². The van der Waals surface area contributed by atoms with Gasteiger partial charge >= 0.3 is 35.5 Å². The predicted octanol–water partition coefficient (Wildman–Crippen LogP) is 3.32. The van der Waals surface area contributed by atoms with Crippen LogP contribution in [0.25, 0.3) is 11.8 Å². The van der Waals surface area contributed by atoms with Gasteiger partial charge in [0, 0.05) is 18.5 Å². The van der Waals surface area contributed by atoms with Crippen molar-refractivity contribution in [3.63, 3.8) is 0 Å². The van der Waals surface area contributed by atoms with E-state index in [9.17, 15) is 24.2 Å². The van der Waals surface area contributed by atoms with E-state index >= 15 is 0 Å². The van der Waals surface area contributed by atoms with Crippen LogP contribution in [0.15, 0.2) is 54.6 Å². The molecule has 3 rings (SSSR count). The van der Waals surface area contributed by atoms with Crippen LogP contribution in [0, 0.1) is 12.7 Å². The van der Waals surface area contributed by atoms with Crippen LogP contribution in [0.1, 0.15) is 65.5 Å². The van der Waals surface area contributed by atoms with Gasteiger partial charge in [-0.25, -0.2) is 9.07 Å². The van der Waals surface area contributed by atoms with Crippen molar-refractivity contribution in [2.24, 2.45) is 0 Å². The summed E-state index contributed by atoms with van der Waals surface area (Å²) in [5.41, 5.74) is 3.87. The van der Waals surface area contributed by atoms with Crippen LogP contribution in [0.3, 0.4) is 0 Å². The summed E-state index contributed by atoms with van der Waals surface area (Å²) in [5.74, 6) is -2.10. The van der Waals surface area contributed by atoms with Gasteiger partial charge < -0.3 is 20.6 Å². The number of aliphatic carboxylic acids is 1. The van der Waals surface area contributed by atoms with Gasteiger partial charge in [0.1, 0.15) is 5.82 Å². The van der Waals surface area contributed by atoms with E-state index in [0.29, 0.717) is 23.5 Å². The normalized spacial score (nSPS) is 12.8. The number of halogens is 1. The number of carboxylic acid groups (broad SMARTS) is 1. The Morgan fingerprint density at radius 3 is 2.37 bits per heavy atom. The summed E-state index contributed by atoms with van der Waals surface area (Å²) in [6.07, 6.45) is -0.00381. The Labute approximate surface area is 243 Å². The Hall–Kier alpha value is -2.82. The molecule has 3 aromatic rings. The van der Waals surface area contributed by atoms with E-state index in [1.54, 1.807) is 6.08 Å². The zero-order chi connectivity index (χ0) is 27.1. The molecule has 0 saturated heterocycles. The van der Waals surface area contributed by atoms with Crippen LogP contribution in [-0.4, -0.2) is 78.7 Å². The molecule has 1 heterocycles. The number of hydrogen-bond acceptors (Lipinski definition) is 5. The molecule has 4 N–H and O–H groups in total. The summed E-state index contributed by atoms with van der Waals surface area (Å²) in [6.45, 7) is 6.10. The SMILES string of the molecule is Cc1ccccc1CNC(=O)c1nn(-c2ccc(F)cc2)c(C=C[C@H](O)C[C@@H](O)CC(=O)O)c1C(C)C.[NaH]. The number of benzene rings is 2. The number of aliphatic hydroxyl groups excluding tert-OH is 2. The Morgan fingerprint density at radius 2 is 1.76 bits per heavy atom. The molecule has 0 fully saturated rings. The molecule has 0 aliphatic heterocycles. The number of hydrogen-bond donors (Lipinski definition) is 4. The number of carboxylic acids is 1. The third kappa shape index (κ3) is 8.34. The average Bonchev–Trinajstić information content (AvgIpc) is 3.22. The molecular weight excluding hydrogens is 500 g/mol. The van der Waals surface area contributed by atoms with Gasteiger partial charge in [-0.2, -0.15) is 5.10 Å². The zero-order valence-electron chi connectivity index (χ0n) is 21.1. The van der Waals surface area contributed by atoms with Gasteiger partial charge in [0.05, 0.1) is 30.0 Å². The molecule has 1 aromatic heterocycles. The first-order valence-corrected chi connectivity index (χ1v) is 12.0. The van der Waals surface area contributed by atoms with E-state index in [-0.39, 0.29) is 53.5 Å². The molecule has 0 aliphatic carbocycles. The van der Waals surface area contributed by atoms with Crippen LogP contribution < -0.4 is 5.32 Å². The molecule has 198 valence electrons. The number of nitrogens with zero attached hydrogens (tertiary/aromatic N) is 2. The van der Waals surface area contributed by atoms with E-state index in [4.69, 9.17) is 5.11 Å². The molecular formula is C28H33FN3NaO5. The maximum atomic E-state index is 13.6. The quantitative estimate of drug-likeness (QED) is 0.280. The molecule has 0 radical (unpaired) electrons.